The van der Waals surface area contributed by atoms with Crippen molar-refractivity contribution in [1.29, 1.82) is 0 Å². The summed E-state index contributed by atoms with van der Waals surface area (Å²) in [5, 5.41) is 0. The van der Waals surface area contributed by atoms with Crippen molar-refractivity contribution in [3.05, 3.63) is 29.6 Å². The highest BCUT2D eigenvalue weighted by Gasteiger charge is 2.18. The first-order valence-electron chi connectivity index (χ1n) is 5.78. The van der Waals surface area contributed by atoms with Gasteiger partial charge in [-0.15, -0.1) is 0 Å². The molecule has 0 aliphatic rings. The lowest BCUT2D eigenvalue weighted by Crippen LogP contribution is -2.18. The zero-order chi connectivity index (χ0) is 11.7. The standard InChI is InChI=1S/C13H19N3/c1-8(2)10(7-14)13-15-11-6-4-5-9(3)12(11)16-13/h4-6,8,10H,7,14H2,1-3H3,(H,15,16). The molecule has 1 aromatic heterocycles. The SMILES string of the molecule is Cc1cccc2[nH]c(C(CN)C(C)C)nc12. The topological polar surface area (TPSA) is 54.7 Å². The molecular formula is C13H19N3. The molecule has 16 heavy (non-hydrogen) atoms. The maximum absolute atomic E-state index is 5.81. The molecule has 0 amide bonds. The van der Waals surface area contributed by atoms with E-state index in [1.165, 1.54) is 5.56 Å². The first-order chi connectivity index (χ1) is 7.63. The molecule has 2 aromatic rings. The molecule has 0 radical (unpaired) electrons. The van der Waals surface area contributed by atoms with Crippen molar-refractivity contribution in [2.24, 2.45) is 11.7 Å². The summed E-state index contributed by atoms with van der Waals surface area (Å²) in [7, 11) is 0. The Bertz CT molecular complexity index is 485. The second-order valence-electron chi connectivity index (χ2n) is 4.68. The lowest BCUT2D eigenvalue weighted by Gasteiger charge is -2.15. The number of hydrogen-bond donors (Lipinski definition) is 2. The Kier molecular flexibility index (Phi) is 2.97. The van der Waals surface area contributed by atoms with Crippen molar-refractivity contribution in [1.82, 2.24) is 9.97 Å². The number of fused-ring (bicyclic) bond motifs is 1. The number of nitrogens with one attached hydrogen (secondary N) is 1. The van der Waals surface area contributed by atoms with Crippen LogP contribution in [0.4, 0.5) is 0 Å². The summed E-state index contributed by atoms with van der Waals surface area (Å²) in [6, 6.07) is 6.19. The van der Waals surface area contributed by atoms with Gasteiger partial charge in [0.05, 0.1) is 11.0 Å². The molecule has 0 spiro atoms. The van der Waals surface area contributed by atoms with Gasteiger partial charge in [0.1, 0.15) is 5.82 Å². The van der Waals surface area contributed by atoms with Crippen LogP contribution in [0.2, 0.25) is 0 Å². The fraction of sp³-hybridized carbons (Fsp3) is 0.462. The minimum atomic E-state index is 0.312. The summed E-state index contributed by atoms with van der Waals surface area (Å²) in [6.45, 7) is 7.07. The number of rotatable bonds is 3. The molecule has 0 aliphatic carbocycles. The van der Waals surface area contributed by atoms with E-state index in [0.717, 1.165) is 16.9 Å². The number of nitrogens with zero attached hydrogens (tertiary/aromatic N) is 1. The third-order valence-corrected chi connectivity index (χ3v) is 3.14. The molecule has 0 aliphatic heterocycles. The zero-order valence-corrected chi connectivity index (χ0v) is 10.1. The van der Waals surface area contributed by atoms with Crippen LogP contribution in [-0.2, 0) is 0 Å². The third kappa shape index (κ3) is 1.83. The normalized spacial score (nSPS) is 13.6. The highest BCUT2D eigenvalue weighted by molar-refractivity contribution is 5.78. The first kappa shape index (κ1) is 11.1. The quantitative estimate of drug-likeness (QED) is 0.830. The van der Waals surface area contributed by atoms with Crippen LogP contribution in [0.1, 0.15) is 31.2 Å². The van der Waals surface area contributed by atoms with Gasteiger partial charge in [0.25, 0.3) is 0 Å². The third-order valence-electron chi connectivity index (χ3n) is 3.14. The first-order valence-corrected chi connectivity index (χ1v) is 5.78. The van der Waals surface area contributed by atoms with Crippen LogP contribution in [0.25, 0.3) is 11.0 Å². The number of aryl methyl sites for hydroxylation is 1. The van der Waals surface area contributed by atoms with Crippen LogP contribution in [-0.4, -0.2) is 16.5 Å². The Hall–Kier alpha value is -1.35. The molecule has 1 unspecified atom stereocenters. The van der Waals surface area contributed by atoms with E-state index in [2.05, 4.69) is 42.9 Å². The van der Waals surface area contributed by atoms with E-state index >= 15 is 0 Å². The van der Waals surface area contributed by atoms with Crippen molar-refractivity contribution in [2.45, 2.75) is 26.7 Å². The molecule has 0 saturated heterocycles. The number of aromatic amines is 1. The number of hydrogen-bond acceptors (Lipinski definition) is 2. The van der Waals surface area contributed by atoms with Gasteiger partial charge in [-0.05, 0) is 24.5 Å². The van der Waals surface area contributed by atoms with E-state index < -0.39 is 0 Å². The van der Waals surface area contributed by atoms with Crippen LogP contribution >= 0.6 is 0 Å². The molecule has 3 heteroatoms. The van der Waals surface area contributed by atoms with Crippen LogP contribution in [0, 0.1) is 12.8 Å². The minimum Gasteiger partial charge on any atom is -0.342 e. The highest BCUT2D eigenvalue weighted by atomic mass is 14.9. The van der Waals surface area contributed by atoms with Gasteiger partial charge in [0.2, 0.25) is 0 Å². The second kappa shape index (κ2) is 4.26. The highest BCUT2D eigenvalue weighted by Crippen LogP contribution is 2.24. The average molecular weight is 217 g/mol. The molecule has 3 N–H and O–H groups in total. The van der Waals surface area contributed by atoms with E-state index in [0.29, 0.717) is 18.4 Å². The van der Waals surface area contributed by atoms with Gasteiger partial charge < -0.3 is 10.7 Å². The molecule has 3 nitrogen and oxygen atoms in total. The molecular weight excluding hydrogens is 198 g/mol. The number of imidazole rings is 1. The Morgan fingerprint density at radius 1 is 1.38 bits per heavy atom. The lowest BCUT2D eigenvalue weighted by molar-refractivity contribution is 0.488. The van der Waals surface area contributed by atoms with Crippen LogP contribution in [0.5, 0.6) is 0 Å². The lowest BCUT2D eigenvalue weighted by atomic mass is 9.95. The van der Waals surface area contributed by atoms with Gasteiger partial charge in [0.15, 0.2) is 0 Å². The van der Waals surface area contributed by atoms with E-state index in [-0.39, 0.29) is 0 Å². The van der Waals surface area contributed by atoms with E-state index in [9.17, 15) is 0 Å². The van der Waals surface area contributed by atoms with Crippen molar-refractivity contribution in [3.63, 3.8) is 0 Å². The molecule has 1 aromatic carbocycles. The molecule has 2 rings (SSSR count). The van der Waals surface area contributed by atoms with Gasteiger partial charge in [-0.3, -0.25) is 0 Å². The summed E-state index contributed by atoms with van der Waals surface area (Å²) < 4.78 is 0. The molecule has 0 fully saturated rings. The summed E-state index contributed by atoms with van der Waals surface area (Å²) in [6.07, 6.45) is 0. The minimum absolute atomic E-state index is 0.312. The van der Waals surface area contributed by atoms with Crippen molar-refractivity contribution >= 4 is 11.0 Å². The molecule has 0 bridgehead atoms. The van der Waals surface area contributed by atoms with Crippen molar-refractivity contribution in [2.75, 3.05) is 6.54 Å². The maximum atomic E-state index is 5.81. The van der Waals surface area contributed by atoms with E-state index in [1.807, 2.05) is 6.07 Å². The molecule has 86 valence electrons. The van der Waals surface area contributed by atoms with Crippen molar-refractivity contribution < 1.29 is 0 Å². The monoisotopic (exact) mass is 217 g/mol. The number of aromatic nitrogens is 2. The Morgan fingerprint density at radius 3 is 2.69 bits per heavy atom. The molecule has 0 saturated carbocycles. The van der Waals surface area contributed by atoms with Crippen LogP contribution in [0.15, 0.2) is 18.2 Å². The largest absolute Gasteiger partial charge is 0.342 e. The Balaban J connectivity index is 2.50. The average Bonchev–Trinajstić information content (AvgIpc) is 2.63. The zero-order valence-electron chi connectivity index (χ0n) is 10.1. The predicted molar refractivity (Wildman–Crippen MR) is 67.5 cm³/mol. The van der Waals surface area contributed by atoms with Gasteiger partial charge in [-0.25, -0.2) is 4.98 Å². The number of benzene rings is 1. The van der Waals surface area contributed by atoms with E-state index in [1.54, 1.807) is 0 Å². The smallest absolute Gasteiger partial charge is 0.111 e. The second-order valence-corrected chi connectivity index (χ2v) is 4.68. The Morgan fingerprint density at radius 2 is 2.12 bits per heavy atom. The molecule has 1 heterocycles. The number of para-hydroxylation sites is 1. The van der Waals surface area contributed by atoms with Crippen LogP contribution < -0.4 is 5.73 Å². The van der Waals surface area contributed by atoms with Gasteiger partial charge in [0, 0.05) is 12.5 Å². The van der Waals surface area contributed by atoms with Crippen LogP contribution in [0.3, 0.4) is 0 Å². The van der Waals surface area contributed by atoms with Crippen molar-refractivity contribution in [3.8, 4) is 0 Å². The summed E-state index contributed by atoms with van der Waals surface area (Å²) >= 11 is 0. The molecule has 1 atom stereocenters. The summed E-state index contributed by atoms with van der Waals surface area (Å²) in [4.78, 5) is 8.05. The Labute approximate surface area is 96.1 Å². The summed E-state index contributed by atoms with van der Waals surface area (Å²) in [5.41, 5.74) is 9.19. The van der Waals surface area contributed by atoms with Gasteiger partial charge >= 0.3 is 0 Å². The number of H-pyrrole nitrogens is 1. The van der Waals surface area contributed by atoms with E-state index in [4.69, 9.17) is 5.73 Å². The summed E-state index contributed by atoms with van der Waals surface area (Å²) in [5.74, 6) is 1.83. The number of nitrogens with two attached hydrogens (primary N) is 1. The predicted octanol–water partition coefficient (Wildman–Crippen LogP) is 2.57. The fourth-order valence-electron chi connectivity index (χ4n) is 2.07. The maximum Gasteiger partial charge on any atom is 0.111 e. The van der Waals surface area contributed by atoms with Gasteiger partial charge in [-0.1, -0.05) is 26.0 Å². The fourth-order valence-corrected chi connectivity index (χ4v) is 2.07. The van der Waals surface area contributed by atoms with Gasteiger partial charge in [-0.2, -0.15) is 0 Å².